The van der Waals surface area contributed by atoms with Gasteiger partial charge in [0.1, 0.15) is 5.78 Å². The maximum Gasteiger partial charge on any atom is 0.193 e. The van der Waals surface area contributed by atoms with Gasteiger partial charge in [0.2, 0.25) is 0 Å². The molecule has 0 atom stereocenters. The van der Waals surface area contributed by atoms with Gasteiger partial charge in [-0.3, -0.25) is 9.20 Å². The predicted octanol–water partition coefficient (Wildman–Crippen LogP) is 2.70. The Labute approximate surface area is 92.8 Å². The number of thiazole rings is 1. The molecule has 0 aromatic carbocycles. The van der Waals surface area contributed by atoms with Gasteiger partial charge in [0.05, 0.1) is 5.69 Å². The van der Waals surface area contributed by atoms with Crippen LogP contribution in [0.2, 0.25) is 0 Å². The molecule has 0 aliphatic heterocycles. The van der Waals surface area contributed by atoms with Crippen LogP contribution < -0.4 is 0 Å². The zero-order valence-electron chi connectivity index (χ0n) is 8.77. The molecule has 3 nitrogen and oxygen atoms in total. The van der Waals surface area contributed by atoms with Gasteiger partial charge in [-0.1, -0.05) is 6.92 Å². The quantitative estimate of drug-likeness (QED) is 0.779. The molecule has 0 bridgehead atoms. The number of Topliss-reactive ketones (excluding diaryl/α,β-unsaturated/α-hetero) is 1. The summed E-state index contributed by atoms with van der Waals surface area (Å²) in [5.74, 6) is 0.342. The van der Waals surface area contributed by atoms with Crippen molar-refractivity contribution in [2.75, 3.05) is 0 Å². The van der Waals surface area contributed by atoms with E-state index in [1.54, 1.807) is 11.3 Å². The zero-order valence-corrected chi connectivity index (χ0v) is 9.59. The zero-order chi connectivity index (χ0) is 10.7. The van der Waals surface area contributed by atoms with Crippen LogP contribution in [0.25, 0.3) is 4.96 Å². The summed E-state index contributed by atoms with van der Waals surface area (Å²) in [4.78, 5) is 16.8. The third-order valence-corrected chi connectivity index (χ3v) is 3.10. The van der Waals surface area contributed by atoms with Crippen LogP contribution in [0, 0.1) is 0 Å². The maximum atomic E-state index is 11.3. The van der Waals surface area contributed by atoms with E-state index in [1.165, 1.54) is 0 Å². The summed E-state index contributed by atoms with van der Waals surface area (Å²) < 4.78 is 2.00. The summed E-state index contributed by atoms with van der Waals surface area (Å²) in [6.07, 6.45) is 7.03. The fraction of sp³-hybridized carbons (Fsp3) is 0.455. The smallest absolute Gasteiger partial charge is 0.193 e. The van der Waals surface area contributed by atoms with Crippen LogP contribution in [0.3, 0.4) is 0 Å². The summed E-state index contributed by atoms with van der Waals surface area (Å²) in [5.41, 5.74) is 1.02. The van der Waals surface area contributed by atoms with Crippen LogP contribution in [-0.4, -0.2) is 15.2 Å². The lowest BCUT2D eigenvalue weighted by Crippen LogP contribution is -1.99. The number of aromatic nitrogens is 2. The highest BCUT2D eigenvalue weighted by Crippen LogP contribution is 2.12. The minimum atomic E-state index is 0.342. The minimum Gasteiger partial charge on any atom is -0.300 e. The molecule has 0 amide bonds. The second kappa shape index (κ2) is 4.57. The van der Waals surface area contributed by atoms with Crippen molar-refractivity contribution in [1.82, 2.24) is 9.38 Å². The summed E-state index contributed by atoms with van der Waals surface area (Å²) >= 11 is 1.62. The van der Waals surface area contributed by atoms with Gasteiger partial charge in [0.25, 0.3) is 0 Å². The predicted molar refractivity (Wildman–Crippen MR) is 61.3 cm³/mol. The molecular formula is C11H14N2OS. The molecule has 2 heterocycles. The highest BCUT2D eigenvalue weighted by molar-refractivity contribution is 7.15. The van der Waals surface area contributed by atoms with Gasteiger partial charge in [0.15, 0.2) is 4.96 Å². The van der Waals surface area contributed by atoms with Crippen molar-refractivity contribution >= 4 is 22.1 Å². The average Bonchev–Trinajstić information content (AvgIpc) is 2.74. The molecule has 0 aliphatic rings. The molecule has 0 unspecified atom stereocenters. The van der Waals surface area contributed by atoms with Crippen LogP contribution in [0.15, 0.2) is 17.8 Å². The van der Waals surface area contributed by atoms with Crippen molar-refractivity contribution in [3.8, 4) is 0 Å². The van der Waals surface area contributed by atoms with E-state index in [0.717, 1.165) is 23.5 Å². The Kier molecular flexibility index (Phi) is 3.16. The highest BCUT2D eigenvalue weighted by atomic mass is 32.1. The Morgan fingerprint density at radius 2 is 2.40 bits per heavy atom. The molecule has 0 saturated carbocycles. The Morgan fingerprint density at radius 3 is 3.13 bits per heavy atom. The average molecular weight is 222 g/mol. The van der Waals surface area contributed by atoms with Gasteiger partial charge < -0.3 is 0 Å². The first-order chi connectivity index (χ1) is 7.29. The summed E-state index contributed by atoms with van der Waals surface area (Å²) in [7, 11) is 0. The third-order valence-electron chi connectivity index (χ3n) is 2.33. The van der Waals surface area contributed by atoms with E-state index in [-0.39, 0.29) is 0 Å². The molecule has 2 aromatic rings. The van der Waals surface area contributed by atoms with Crippen LogP contribution >= 0.6 is 11.3 Å². The molecule has 0 aliphatic carbocycles. The van der Waals surface area contributed by atoms with Crippen molar-refractivity contribution in [2.45, 2.75) is 32.6 Å². The van der Waals surface area contributed by atoms with Crippen LogP contribution in [0.4, 0.5) is 0 Å². The molecule has 0 N–H and O–H groups in total. The molecule has 4 heteroatoms. The number of rotatable bonds is 5. The first kappa shape index (κ1) is 10.4. The molecule has 15 heavy (non-hydrogen) atoms. The molecule has 0 spiro atoms. The maximum absolute atomic E-state index is 11.3. The lowest BCUT2D eigenvalue weighted by atomic mass is 10.1. The van der Waals surface area contributed by atoms with Gasteiger partial charge in [-0.05, 0) is 12.8 Å². The number of aryl methyl sites for hydroxylation is 1. The van der Waals surface area contributed by atoms with Crippen molar-refractivity contribution in [2.24, 2.45) is 0 Å². The number of hydrogen-bond acceptors (Lipinski definition) is 3. The van der Waals surface area contributed by atoms with E-state index >= 15 is 0 Å². The van der Waals surface area contributed by atoms with Crippen LogP contribution in [0.5, 0.6) is 0 Å². The molecule has 80 valence electrons. The van der Waals surface area contributed by atoms with Gasteiger partial charge in [-0.25, -0.2) is 4.98 Å². The van der Waals surface area contributed by atoms with Crippen molar-refractivity contribution in [3.05, 3.63) is 23.5 Å². The number of carbonyl (C=O) groups is 1. The third kappa shape index (κ3) is 2.45. The fourth-order valence-electron chi connectivity index (χ4n) is 1.57. The number of ketones is 1. The first-order valence-electron chi connectivity index (χ1n) is 5.22. The Balaban J connectivity index is 1.95. The molecule has 2 aromatic heterocycles. The second-order valence-electron chi connectivity index (χ2n) is 3.61. The number of nitrogens with zero attached hydrogens (tertiary/aromatic N) is 2. The Hall–Kier alpha value is -1.16. The van der Waals surface area contributed by atoms with Gasteiger partial charge in [-0.2, -0.15) is 0 Å². The lowest BCUT2D eigenvalue weighted by molar-refractivity contribution is -0.119. The summed E-state index contributed by atoms with van der Waals surface area (Å²) in [6.45, 7) is 2.03. The Morgan fingerprint density at radius 1 is 1.53 bits per heavy atom. The molecule has 0 radical (unpaired) electrons. The van der Waals surface area contributed by atoms with Crippen molar-refractivity contribution in [1.29, 1.82) is 0 Å². The van der Waals surface area contributed by atoms with Crippen molar-refractivity contribution in [3.63, 3.8) is 0 Å². The second-order valence-corrected chi connectivity index (χ2v) is 4.49. The van der Waals surface area contributed by atoms with Gasteiger partial charge in [-0.15, -0.1) is 11.3 Å². The SMILES string of the molecule is CCCC(=O)CCc1cn2ccsc2n1. The number of imidazole rings is 1. The highest BCUT2D eigenvalue weighted by Gasteiger charge is 2.05. The van der Waals surface area contributed by atoms with E-state index in [0.29, 0.717) is 18.6 Å². The Bertz CT molecular complexity index is 429. The van der Waals surface area contributed by atoms with Gasteiger partial charge in [0, 0.05) is 30.6 Å². The normalized spacial score (nSPS) is 11.0. The van der Waals surface area contributed by atoms with E-state index < -0.39 is 0 Å². The standard InChI is InChI=1S/C11H14N2OS/c1-2-3-10(14)5-4-9-8-13-6-7-15-11(13)12-9/h6-8H,2-5H2,1H3. The largest absolute Gasteiger partial charge is 0.300 e. The first-order valence-corrected chi connectivity index (χ1v) is 6.10. The van der Waals surface area contributed by atoms with Crippen molar-refractivity contribution < 1.29 is 4.79 Å². The van der Waals surface area contributed by atoms with E-state index in [9.17, 15) is 4.79 Å². The van der Waals surface area contributed by atoms with E-state index in [1.807, 2.05) is 29.1 Å². The number of hydrogen-bond donors (Lipinski definition) is 0. The summed E-state index contributed by atoms with van der Waals surface area (Å²) in [6, 6.07) is 0. The lowest BCUT2D eigenvalue weighted by Gasteiger charge is -1.95. The monoisotopic (exact) mass is 222 g/mol. The topological polar surface area (TPSA) is 34.4 Å². The fourth-order valence-corrected chi connectivity index (χ4v) is 2.29. The molecule has 0 fully saturated rings. The van der Waals surface area contributed by atoms with E-state index in [2.05, 4.69) is 4.98 Å². The van der Waals surface area contributed by atoms with Gasteiger partial charge >= 0.3 is 0 Å². The summed E-state index contributed by atoms with van der Waals surface area (Å²) in [5, 5.41) is 2.01. The van der Waals surface area contributed by atoms with E-state index in [4.69, 9.17) is 0 Å². The molecule has 0 saturated heterocycles. The molecular weight excluding hydrogens is 208 g/mol. The molecule has 2 rings (SSSR count). The minimum absolute atomic E-state index is 0.342. The van der Waals surface area contributed by atoms with Crippen LogP contribution in [-0.2, 0) is 11.2 Å². The van der Waals surface area contributed by atoms with Crippen LogP contribution in [0.1, 0.15) is 31.9 Å². The number of carbonyl (C=O) groups excluding carboxylic acids is 1. The number of fused-ring (bicyclic) bond motifs is 1.